The molecule has 1 aliphatic rings. The van der Waals surface area contributed by atoms with E-state index in [2.05, 4.69) is 15.4 Å². The van der Waals surface area contributed by atoms with Gasteiger partial charge in [-0.2, -0.15) is 9.78 Å². The summed E-state index contributed by atoms with van der Waals surface area (Å²) < 4.78 is 1.71. The second-order valence-corrected chi connectivity index (χ2v) is 8.74. The van der Waals surface area contributed by atoms with E-state index < -0.39 is 0 Å². The first kappa shape index (κ1) is 21.8. The van der Waals surface area contributed by atoms with Crippen LogP contribution in [0.15, 0.2) is 54.7 Å². The van der Waals surface area contributed by atoms with Gasteiger partial charge in [0.2, 0.25) is 5.91 Å². The molecule has 0 unspecified atom stereocenters. The summed E-state index contributed by atoms with van der Waals surface area (Å²) in [5.41, 5.74) is 4.33. The maximum atomic E-state index is 13.6. The van der Waals surface area contributed by atoms with Crippen LogP contribution in [-0.4, -0.2) is 43.5 Å². The lowest BCUT2D eigenvalue weighted by molar-refractivity contribution is -0.128. The summed E-state index contributed by atoms with van der Waals surface area (Å²) in [5, 5.41) is 8.46. The number of benzene rings is 1. The van der Waals surface area contributed by atoms with Crippen LogP contribution in [0, 0.1) is 6.92 Å². The highest BCUT2D eigenvalue weighted by molar-refractivity contribution is 6.13. The number of carbonyl (C=O) groups is 2. The Balaban J connectivity index is 1.57. The van der Waals surface area contributed by atoms with Gasteiger partial charge in [0, 0.05) is 44.0 Å². The predicted molar refractivity (Wildman–Crippen MR) is 130 cm³/mol. The van der Waals surface area contributed by atoms with E-state index in [0.717, 1.165) is 24.1 Å². The molecule has 3 aromatic heterocycles. The number of pyridine rings is 2. The number of fused-ring (bicyclic) bond motifs is 1. The van der Waals surface area contributed by atoms with E-state index in [0.29, 0.717) is 46.3 Å². The van der Waals surface area contributed by atoms with Crippen molar-refractivity contribution in [3.8, 4) is 5.82 Å². The van der Waals surface area contributed by atoms with Crippen molar-refractivity contribution < 1.29 is 9.59 Å². The quantitative estimate of drug-likeness (QED) is 0.471. The minimum Gasteiger partial charge on any atom is -0.342 e. The Morgan fingerprint density at radius 3 is 2.62 bits per heavy atom. The molecule has 1 saturated carbocycles. The molecule has 8 heteroatoms. The molecule has 2 amide bonds. The Morgan fingerprint density at radius 1 is 1.15 bits per heavy atom. The molecule has 0 bridgehead atoms. The molecule has 4 aromatic rings. The number of aryl methyl sites for hydroxylation is 1. The Kier molecular flexibility index (Phi) is 5.57. The fraction of sp³-hybridized carbons (Fsp3) is 0.269. The fourth-order valence-electron chi connectivity index (χ4n) is 4.05. The second-order valence-electron chi connectivity index (χ2n) is 8.74. The molecule has 0 aliphatic heterocycles. The number of nitrogens with zero attached hydrogens (tertiary/aromatic N) is 5. The molecule has 1 N–H and O–H groups in total. The molecule has 5 rings (SSSR count). The van der Waals surface area contributed by atoms with Gasteiger partial charge in [-0.1, -0.05) is 24.3 Å². The smallest absolute Gasteiger partial charge is 0.256 e. The van der Waals surface area contributed by atoms with Gasteiger partial charge in [-0.15, -0.1) is 0 Å². The number of nitrogens with one attached hydrogen (secondary N) is 1. The first-order valence-electron chi connectivity index (χ1n) is 11.3. The number of amides is 2. The SMILES string of the molecule is CC(=O)N(C)Cc1ccccc1NC(=O)c1cc(C2CC2)nc2c1c(C)nn2-c1ccccn1. The highest BCUT2D eigenvalue weighted by Crippen LogP contribution is 2.40. The zero-order valence-corrected chi connectivity index (χ0v) is 19.4. The fourth-order valence-corrected chi connectivity index (χ4v) is 4.05. The normalized spacial score (nSPS) is 13.1. The summed E-state index contributed by atoms with van der Waals surface area (Å²) in [6.45, 7) is 3.81. The zero-order valence-electron chi connectivity index (χ0n) is 19.4. The average molecular weight is 455 g/mol. The van der Waals surface area contributed by atoms with E-state index in [4.69, 9.17) is 4.98 Å². The van der Waals surface area contributed by atoms with Gasteiger partial charge >= 0.3 is 0 Å². The van der Waals surface area contributed by atoms with Crippen molar-refractivity contribution in [1.29, 1.82) is 0 Å². The van der Waals surface area contributed by atoms with Gasteiger partial charge in [-0.3, -0.25) is 9.59 Å². The number of anilines is 1. The molecule has 1 aliphatic carbocycles. The molecule has 172 valence electrons. The predicted octanol–water partition coefficient (Wildman–Crippen LogP) is 4.23. The Hall–Kier alpha value is -4.07. The van der Waals surface area contributed by atoms with Crippen LogP contribution in [0.25, 0.3) is 16.9 Å². The molecule has 1 fully saturated rings. The van der Waals surface area contributed by atoms with Crippen LogP contribution in [0.4, 0.5) is 5.69 Å². The van der Waals surface area contributed by atoms with E-state index >= 15 is 0 Å². The van der Waals surface area contributed by atoms with Crippen molar-refractivity contribution in [3.63, 3.8) is 0 Å². The number of para-hydroxylation sites is 1. The van der Waals surface area contributed by atoms with E-state index in [1.54, 1.807) is 22.8 Å². The van der Waals surface area contributed by atoms with Crippen molar-refractivity contribution in [3.05, 3.63) is 77.2 Å². The lowest BCUT2D eigenvalue weighted by Gasteiger charge is -2.18. The third-order valence-corrected chi connectivity index (χ3v) is 6.15. The summed E-state index contributed by atoms with van der Waals surface area (Å²) in [7, 11) is 1.74. The van der Waals surface area contributed by atoms with Crippen LogP contribution in [0.3, 0.4) is 0 Å². The standard InChI is InChI=1S/C26H26N6O2/c1-16-24-20(26(34)29-21-9-5-4-8-19(21)15-31(3)17(2)33)14-22(18-11-12-18)28-25(24)32(30-16)23-10-6-7-13-27-23/h4-10,13-14,18H,11-12,15H2,1-3H3,(H,29,34). The van der Waals surface area contributed by atoms with Gasteiger partial charge in [-0.25, -0.2) is 9.97 Å². The van der Waals surface area contributed by atoms with E-state index in [-0.39, 0.29) is 11.8 Å². The Labute approximate surface area is 197 Å². The third kappa shape index (κ3) is 4.14. The van der Waals surface area contributed by atoms with Crippen LogP contribution in [0.2, 0.25) is 0 Å². The average Bonchev–Trinajstić information content (AvgIpc) is 3.64. The lowest BCUT2D eigenvalue weighted by Crippen LogP contribution is -2.24. The van der Waals surface area contributed by atoms with Crippen LogP contribution in [0.5, 0.6) is 0 Å². The Morgan fingerprint density at radius 2 is 1.91 bits per heavy atom. The minimum absolute atomic E-state index is 0.0383. The number of aromatic nitrogens is 4. The van der Waals surface area contributed by atoms with E-state index in [9.17, 15) is 9.59 Å². The third-order valence-electron chi connectivity index (χ3n) is 6.15. The summed E-state index contributed by atoms with van der Waals surface area (Å²) in [4.78, 5) is 36.3. The largest absolute Gasteiger partial charge is 0.342 e. The molecule has 0 saturated heterocycles. The molecule has 0 spiro atoms. The lowest BCUT2D eigenvalue weighted by atomic mass is 10.1. The first-order chi connectivity index (χ1) is 16.4. The monoisotopic (exact) mass is 454 g/mol. The summed E-state index contributed by atoms with van der Waals surface area (Å²) in [6, 6.07) is 15.1. The highest BCUT2D eigenvalue weighted by atomic mass is 16.2. The Bertz CT molecular complexity index is 1390. The molecule has 1 aromatic carbocycles. The molecule has 0 radical (unpaired) electrons. The van der Waals surface area contributed by atoms with Gasteiger partial charge in [-0.05, 0) is 49.6 Å². The number of carbonyl (C=O) groups excluding carboxylic acids is 2. The van der Waals surface area contributed by atoms with Crippen molar-refractivity contribution in [2.24, 2.45) is 0 Å². The summed E-state index contributed by atoms with van der Waals surface area (Å²) >= 11 is 0. The molecular formula is C26H26N6O2. The first-order valence-corrected chi connectivity index (χ1v) is 11.3. The maximum Gasteiger partial charge on any atom is 0.256 e. The molecule has 0 atom stereocenters. The van der Waals surface area contributed by atoms with Gasteiger partial charge in [0.25, 0.3) is 5.91 Å². The van der Waals surface area contributed by atoms with Crippen LogP contribution in [-0.2, 0) is 11.3 Å². The number of rotatable bonds is 6. The summed E-state index contributed by atoms with van der Waals surface area (Å²) in [5.74, 6) is 0.754. The van der Waals surface area contributed by atoms with Gasteiger partial charge in [0.1, 0.15) is 0 Å². The van der Waals surface area contributed by atoms with E-state index in [1.165, 1.54) is 6.92 Å². The van der Waals surface area contributed by atoms with Crippen LogP contribution < -0.4 is 5.32 Å². The highest BCUT2D eigenvalue weighted by Gasteiger charge is 2.29. The van der Waals surface area contributed by atoms with Crippen molar-refractivity contribution >= 4 is 28.5 Å². The number of hydrogen-bond donors (Lipinski definition) is 1. The van der Waals surface area contributed by atoms with E-state index in [1.807, 2.05) is 55.5 Å². The number of hydrogen-bond acceptors (Lipinski definition) is 5. The zero-order chi connectivity index (χ0) is 23.8. The van der Waals surface area contributed by atoms with Crippen LogP contribution in [0.1, 0.15) is 53.0 Å². The van der Waals surface area contributed by atoms with Crippen LogP contribution >= 0.6 is 0 Å². The summed E-state index contributed by atoms with van der Waals surface area (Å²) in [6.07, 6.45) is 3.85. The van der Waals surface area contributed by atoms with Crippen molar-refractivity contribution in [1.82, 2.24) is 24.6 Å². The molecule has 8 nitrogen and oxygen atoms in total. The van der Waals surface area contributed by atoms with Gasteiger partial charge < -0.3 is 10.2 Å². The van der Waals surface area contributed by atoms with Gasteiger partial charge in [0.05, 0.1) is 16.6 Å². The van der Waals surface area contributed by atoms with Crippen molar-refractivity contribution in [2.45, 2.75) is 39.2 Å². The minimum atomic E-state index is -0.226. The molecule has 34 heavy (non-hydrogen) atoms. The second kappa shape index (κ2) is 8.70. The maximum absolute atomic E-state index is 13.6. The van der Waals surface area contributed by atoms with Gasteiger partial charge in [0.15, 0.2) is 11.5 Å². The topological polar surface area (TPSA) is 93.0 Å². The molecule has 3 heterocycles. The molecular weight excluding hydrogens is 428 g/mol. The van der Waals surface area contributed by atoms with Crippen molar-refractivity contribution in [2.75, 3.05) is 12.4 Å².